The molecule has 0 atom stereocenters. The fourth-order valence-electron chi connectivity index (χ4n) is 6.70. The van der Waals surface area contributed by atoms with E-state index in [0.717, 1.165) is 13.1 Å². The molecule has 33 heavy (non-hydrogen) atoms. The Bertz CT molecular complexity index is 716. The molecular formula is C27H55BN4Sn. The van der Waals surface area contributed by atoms with E-state index in [4.69, 9.17) is 0 Å². The zero-order valence-electron chi connectivity index (χ0n) is 24.5. The van der Waals surface area contributed by atoms with Crippen molar-refractivity contribution in [3.8, 4) is 0 Å². The van der Waals surface area contributed by atoms with E-state index in [1.165, 1.54) is 38.6 Å². The summed E-state index contributed by atoms with van der Waals surface area (Å²) in [5, 5.41) is 0. The van der Waals surface area contributed by atoms with E-state index in [1.807, 2.05) is 7.18 Å². The first-order valence-corrected chi connectivity index (χ1v) is 18.9. The summed E-state index contributed by atoms with van der Waals surface area (Å²) in [7, 11) is 9.15. The molecule has 0 aromatic heterocycles. The summed E-state index contributed by atoms with van der Waals surface area (Å²) in [5.74, 6) is 0. The van der Waals surface area contributed by atoms with Crippen molar-refractivity contribution in [2.45, 2.75) is 98.9 Å². The van der Waals surface area contributed by atoms with Crippen LogP contribution in [-0.2, 0) is 0 Å². The zero-order chi connectivity index (χ0) is 25.4. The summed E-state index contributed by atoms with van der Waals surface area (Å²) in [4.78, 5) is 4.93. The van der Waals surface area contributed by atoms with Crippen LogP contribution in [0.3, 0.4) is 0 Å². The average molecular weight is 565 g/mol. The number of hydrogen-bond donors (Lipinski definition) is 0. The Kier molecular flexibility index (Phi) is 9.86. The normalized spacial score (nSPS) is 20.8. The number of rotatable bonds is 8. The molecule has 0 aliphatic carbocycles. The van der Waals surface area contributed by atoms with Gasteiger partial charge in [0.1, 0.15) is 0 Å². The Labute approximate surface area is 212 Å². The monoisotopic (exact) mass is 566 g/mol. The van der Waals surface area contributed by atoms with Crippen molar-refractivity contribution in [1.82, 2.24) is 16.0 Å². The minimum absolute atomic E-state index is 0.164. The summed E-state index contributed by atoms with van der Waals surface area (Å²) in [6.45, 7) is 27.6. The van der Waals surface area contributed by atoms with Crippen LogP contribution in [0.4, 0.5) is 0 Å². The maximum atomic E-state index is 3.10. The first kappa shape index (κ1) is 29.4. The molecule has 0 N–H and O–H groups in total. The topological polar surface area (TPSA) is 13.0 Å². The van der Waals surface area contributed by atoms with Crippen molar-refractivity contribution >= 4 is 25.6 Å². The van der Waals surface area contributed by atoms with Crippen molar-refractivity contribution in [1.29, 1.82) is 0 Å². The van der Waals surface area contributed by atoms with Gasteiger partial charge < -0.3 is 0 Å². The predicted molar refractivity (Wildman–Crippen MR) is 151 cm³/mol. The van der Waals surface area contributed by atoms with E-state index in [2.05, 4.69) is 107 Å². The third kappa shape index (κ3) is 5.63. The molecule has 0 radical (unpaired) electrons. The molecule has 1 fully saturated rings. The molecule has 1 saturated heterocycles. The van der Waals surface area contributed by atoms with Crippen LogP contribution in [0.5, 0.6) is 0 Å². The first-order valence-electron chi connectivity index (χ1n) is 13.5. The van der Waals surface area contributed by atoms with Gasteiger partial charge in [0.2, 0.25) is 0 Å². The van der Waals surface area contributed by atoms with Crippen molar-refractivity contribution in [2.24, 2.45) is 0 Å². The van der Waals surface area contributed by atoms with Gasteiger partial charge in [0.25, 0.3) is 0 Å². The van der Waals surface area contributed by atoms with E-state index < -0.39 is 18.9 Å². The van der Waals surface area contributed by atoms with Crippen LogP contribution in [0, 0.1) is 0 Å². The molecule has 2 heterocycles. The van der Waals surface area contributed by atoms with E-state index >= 15 is 0 Å². The summed E-state index contributed by atoms with van der Waals surface area (Å²) in [6, 6.07) is 0. The van der Waals surface area contributed by atoms with Gasteiger partial charge in [-0.25, -0.2) is 0 Å². The second-order valence-electron chi connectivity index (χ2n) is 12.9. The molecule has 0 aromatic rings. The summed E-state index contributed by atoms with van der Waals surface area (Å²) in [5.41, 5.74) is 3.86. The van der Waals surface area contributed by atoms with E-state index in [1.54, 1.807) is 11.0 Å². The van der Waals surface area contributed by atoms with Gasteiger partial charge in [-0.05, 0) is 0 Å². The fourth-order valence-corrected chi connectivity index (χ4v) is 27.8. The summed E-state index contributed by atoms with van der Waals surface area (Å²) in [6.07, 6.45) is 4.93. The van der Waals surface area contributed by atoms with Crippen LogP contribution >= 0.6 is 0 Å². The molecule has 0 bridgehead atoms. The maximum absolute atomic E-state index is 3.45. The van der Waals surface area contributed by atoms with Crippen molar-refractivity contribution in [3.63, 3.8) is 0 Å². The van der Waals surface area contributed by atoms with E-state index in [-0.39, 0.29) is 11.1 Å². The molecule has 0 unspecified atom stereocenters. The van der Waals surface area contributed by atoms with Gasteiger partial charge in [-0.2, -0.15) is 0 Å². The van der Waals surface area contributed by atoms with Gasteiger partial charge in [0.05, 0.1) is 0 Å². The van der Waals surface area contributed by atoms with Gasteiger partial charge in [-0.1, -0.05) is 0 Å². The SMILES string of the molecule is CCB(CC)C1=[C](CN(C)C)[Sn]2([C](CN(C)C)=C1CC)[N](C(C)(C)C)CCC[N]2C(C)(C)C. The minimum atomic E-state index is -3.45. The van der Waals surface area contributed by atoms with E-state index in [9.17, 15) is 0 Å². The van der Waals surface area contributed by atoms with Crippen LogP contribution in [0.2, 0.25) is 12.6 Å². The predicted octanol–water partition coefficient (Wildman–Crippen LogP) is 5.33. The Balaban J connectivity index is 3.10. The molecule has 0 aromatic carbocycles. The molecule has 0 amide bonds. The Morgan fingerprint density at radius 2 is 1.18 bits per heavy atom. The zero-order valence-corrected chi connectivity index (χ0v) is 27.4. The molecule has 0 saturated carbocycles. The van der Waals surface area contributed by atoms with Crippen molar-refractivity contribution in [2.75, 3.05) is 54.4 Å². The molecule has 1 spiro atoms. The molecular weight excluding hydrogens is 510 g/mol. The van der Waals surface area contributed by atoms with Crippen LogP contribution < -0.4 is 0 Å². The van der Waals surface area contributed by atoms with Gasteiger partial charge >= 0.3 is 213 Å². The van der Waals surface area contributed by atoms with Crippen LogP contribution in [0.25, 0.3) is 0 Å². The van der Waals surface area contributed by atoms with Gasteiger partial charge in [0, 0.05) is 0 Å². The second kappa shape index (κ2) is 11.1. The summed E-state index contributed by atoms with van der Waals surface area (Å²) < 4.78 is 9.93. The molecule has 190 valence electrons. The number of likely N-dealkylation sites (N-methyl/N-ethyl adjacent to an activating group) is 2. The Morgan fingerprint density at radius 3 is 1.52 bits per heavy atom. The van der Waals surface area contributed by atoms with Crippen LogP contribution in [-0.4, -0.2) is 107 Å². The first-order chi connectivity index (χ1) is 15.2. The molecule has 2 aliphatic heterocycles. The van der Waals surface area contributed by atoms with Crippen LogP contribution in [0.15, 0.2) is 18.2 Å². The van der Waals surface area contributed by atoms with Gasteiger partial charge in [-0.15, -0.1) is 0 Å². The third-order valence-corrected chi connectivity index (χ3v) is 24.6. The van der Waals surface area contributed by atoms with Gasteiger partial charge in [-0.3, -0.25) is 0 Å². The van der Waals surface area contributed by atoms with Crippen LogP contribution in [0.1, 0.15) is 75.2 Å². The third-order valence-electron chi connectivity index (χ3n) is 7.72. The number of hydrogen-bond acceptors (Lipinski definition) is 4. The standard InChI is InChI=1S/C16H31BN2.C11H24N2.Sn/c1-8-15(11-13-18(4)5)16(12-14-19(6)7)17(9-2)10-3;1-10(2,3)12-8-7-9-13-11(4,5)6;/h8-10,13-14H2,1-7H3;7-9H2,1-6H3;/q;-2;+2. The number of nitrogens with zero attached hydrogens (tertiary/aromatic N) is 4. The number of allylic oxidation sites excluding steroid dienone is 2. The second-order valence-corrected chi connectivity index (χ2v) is 23.2. The molecule has 2 aliphatic rings. The van der Waals surface area contributed by atoms with Gasteiger partial charge in [0.15, 0.2) is 0 Å². The summed E-state index contributed by atoms with van der Waals surface area (Å²) >= 11 is -3.45. The molecule has 2 rings (SSSR count). The van der Waals surface area contributed by atoms with Crippen molar-refractivity contribution in [3.05, 3.63) is 18.2 Å². The molecule has 6 heteroatoms. The Morgan fingerprint density at radius 1 is 0.758 bits per heavy atom. The Hall–Kier alpha value is 0.184. The van der Waals surface area contributed by atoms with E-state index in [0.29, 0.717) is 6.71 Å². The fraction of sp³-hybridized carbons (Fsp3) is 0.852. The molecule has 4 nitrogen and oxygen atoms in total. The average Bonchev–Trinajstić information content (AvgIpc) is 2.90. The quantitative estimate of drug-likeness (QED) is 0.370. The van der Waals surface area contributed by atoms with Crippen molar-refractivity contribution < 1.29 is 0 Å².